The molecule has 2 unspecified atom stereocenters. The molecule has 23 heavy (non-hydrogen) atoms. The van der Waals surface area contributed by atoms with Crippen molar-refractivity contribution in [3.63, 3.8) is 0 Å². The number of benzene rings is 2. The minimum Gasteiger partial charge on any atom is -0.493 e. The zero-order valence-electron chi connectivity index (χ0n) is 13.4. The summed E-state index contributed by atoms with van der Waals surface area (Å²) in [5.74, 6) is 1.43. The highest BCUT2D eigenvalue weighted by atomic mass is 16.5. The number of fused-ring (bicyclic) bond motifs is 1. The highest BCUT2D eigenvalue weighted by Gasteiger charge is 2.25. The van der Waals surface area contributed by atoms with Crippen molar-refractivity contribution in [1.82, 2.24) is 5.32 Å². The minimum absolute atomic E-state index is 0.0310. The van der Waals surface area contributed by atoms with E-state index in [1.807, 2.05) is 55.5 Å². The van der Waals surface area contributed by atoms with Crippen LogP contribution in [0.5, 0.6) is 11.5 Å². The van der Waals surface area contributed by atoms with E-state index in [9.17, 15) is 4.79 Å². The van der Waals surface area contributed by atoms with E-state index in [2.05, 4.69) is 5.32 Å². The molecule has 1 aliphatic heterocycles. The van der Waals surface area contributed by atoms with E-state index in [0.29, 0.717) is 12.4 Å². The Morgan fingerprint density at radius 2 is 1.96 bits per heavy atom. The van der Waals surface area contributed by atoms with Gasteiger partial charge in [0.15, 0.2) is 6.10 Å². The summed E-state index contributed by atoms with van der Waals surface area (Å²) in [5.41, 5.74) is 2.18. The third-order valence-corrected chi connectivity index (χ3v) is 3.98. The Kier molecular flexibility index (Phi) is 4.51. The fourth-order valence-electron chi connectivity index (χ4n) is 2.66. The fraction of sp³-hybridized carbons (Fsp3) is 0.316. The third kappa shape index (κ3) is 3.65. The zero-order chi connectivity index (χ0) is 16.2. The molecule has 120 valence electrons. The van der Waals surface area contributed by atoms with Gasteiger partial charge >= 0.3 is 0 Å². The summed E-state index contributed by atoms with van der Waals surface area (Å²) in [5, 5.41) is 3.06. The molecule has 1 N–H and O–H groups in total. The van der Waals surface area contributed by atoms with E-state index < -0.39 is 6.10 Å². The number of para-hydroxylation sites is 1. The van der Waals surface area contributed by atoms with Crippen LogP contribution in [-0.4, -0.2) is 18.6 Å². The Hall–Kier alpha value is -2.49. The quantitative estimate of drug-likeness (QED) is 0.941. The first-order chi connectivity index (χ1) is 11.1. The lowest BCUT2D eigenvalue weighted by molar-refractivity contribution is -0.128. The van der Waals surface area contributed by atoms with Gasteiger partial charge in [0.25, 0.3) is 5.91 Å². The Morgan fingerprint density at radius 3 is 2.74 bits per heavy atom. The second-order valence-electron chi connectivity index (χ2n) is 5.81. The average Bonchev–Trinajstić information content (AvgIpc) is 2.57. The second-order valence-corrected chi connectivity index (χ2v) is 5.81. The molecular weight excluding hydrogens is 290 g/mol. The van der Waals surface area contributed by atoms with Crippen molar-refractivity contribution in [3.8, 4) is 11.5 Å². The van der Waals surface area contributed by atoms with Gasteiger partial charge in [0.05, 0.1) is 12.6 Å². The molecule has 4 heteroatoms. The second kappa shape index (κ2) is 6.73. The molecule has 0 spiro atoms. The van der Waals surface area contributed by atoms with Crippen LogP contribution in [0.15, 0.2) is 48.5 Å². The molecule has 4 nitrogen and oxygen atoms in total. The lowest BCUT2D eigenvalue weighted by atomic mass is 10.0. The maximum atomic E-state index is 12.4. The molecule has 0 aliphatic carbocycles. The van der Waals surface area contributed by atoms with Crippen LogP contribution < -0.4 is 14.8 Å². The zero-order valence-corrected chi connectivity index (χ0v) is 13.4. The van der Waals surface area contributed by atoms with E-state index in [1.54, 1.807) is 6.92 Å². The van der Waals surface area contributed by atoms with Crippen LogP contribution in [0.4, 0.5) is 0 Å². The summed E-state index contributed by atoms with van der Waals surface area (Å²) in [6, 6.07) is 15.5. The van der Waals surface area contributed by atoms with Crippen molar-refractivity contribution in [1.29, 1.82) is 0 Å². The molecule has 3 rings (SSSR count). The van der Waals surface area contributed by atoms with Gasteiger partial charge in [-0.25, -0.2) is 0 Å². The van der Waals surface area contributed by atoms with E-state index >= 15 is 0 Å². The van der Waals surface area contributed by atoms with Crippen LogP contribution in [-0.2, 0) is 4.79 Å². The van der Waals surface area contributed by atoms with Crippen LogP contribution in [0, 0.1) is 6.92 Å². The molecule has 2 aromatic rings. The molecule has 0 saturated carbocycles. The largest absolute Gasteiger partial charge is 0.493 e. The van der Waals surface area contributed by atoms with E-state index in [0.717, 1.165) is 23.3 Å². The summed E-state index contributed by atoms with van der Waals surface area (Å²) in [4.78, 5) is 12.4. The van der Waals surface area contributed by atoms with Crippen LogP contribution in [0.1, 0.15) is 30.5 Å². The van der Waals surface area contributed by atoms with Crippen molar-refractivity contribution in [3.05, 3.63) is 59.7 Å². The van der Waals surface area contributed by atoms with Gasteiger partial charge in [-0.2, -0.15) is 0 Å². The lowest BCUT2D eigenvalue weighted by Crippen LogP contribution is -2.40. The maximum Gasteiger partial charge on any atom is 0.261 e. The number of amides is 1. The topological polar surface area (TPSA) is 47.6 Å². The average molecular weight is 311 g/mol. The number of ether oxygens (including phenoxy) is 2. The number of hydrogen-bond acceptors (Lipinski definition) is 3. The molecule has 2 atom stereocenters. The highest BCUT2D eigenvalue weighted by Crippen LogP contribution is 2.31. The highest BCUT2D eigenvalue weighted by molar-refractivity contribution is 5.81. The Bertz CT molecular complexity index is 681. The number of rotatable bonds is 4. The van der Waals surface area contributed by atoms with Gasteiger partial charge in [-0.3, -0.25) is 4.79 Å². The normalized spacial score (nSPS) is 17.6. The van der Waals surface area contributed by atoms with E-state index in [-0.39, 0.29) is 11.9 Å². The first kappa shape index (κ1) is 15.4. The predicted molar refractivity (Wildman–Crippen MR) is 88.7 cm³/mol. The van der Waals surface area contributed by atoms with Gasteiger partial charge in [-0.1, -0.05) is 35.9 Å². The summed E-state index contributed by atoms with van der Waals surface area (Å²) >= 11 is 0. The van der Waals surface area contributed by atoms with Crippen molar-refractivity contribution in [2.75, 3.05) is 6.61 Å². The van der Waals surface area contributed by atoms with Crippen molar-refractivity contribution >= 4 is 5.91 Å². The predicted octanol–water partition coefficient (Wildman–Crippen LogP) is 3.40. The van der Waals surface area contributed by atoms with Crippen LogP contribution in [0.3, 0.4) is 0 Å². The Balaban J connectivity index is 1.64. The van der Waals surface area contributed by atoms with E-state index in [4.69, 9.17) is 9.47 Å². The monoisotopic (exact) mass is 311 g/mol. The molecule has 0 fully saturated rings. The molecule has 2 aromatic carbocycles. The standard InChI is InChI=1S/C19H21NO3/c1-13-7-9-15(10-8-13)23-14(2)19(21)20-17-11-12-22-18-6-4-3-5-16(17)18/h3-10,14,17H,11-12H2,1-2H3,(H,20,21). The van der Waals surface area contributed by atoms with Crippen LogP contribution in [0.25, 0.3) is 0 Å². The smallest absolute Gasteiger partial charge is 0.261 e. The first-order valence-corrected chi connectivity index (χ1v) is 7.89. The molecule has 0 aromatic heterocycles. The molecule has 0 radical (unpaired) electrons. The molecule has 0 bridgehead atoms. The van der Waals surface area contributed by atoms with E-state index in [1.165, 1.54) is 0 Å². The minimum atomic E-state index is -0.548. The van der Waals surface area contributed by atoms with Gasteiger partial charge in [-0.15, -0.1) is 0 Å². The Morgan fingerprint density at radius 1 is 1.22 bits per heavy atom. The number of hydrogen-bond donors (Lipinski definition) is 1. The fourth-order valence-corrected chi connectivity index (χ4v) is 2.66. The first-order valence-electron chi connectivity index (χ1n) is 7.89. The number of carbonyl (C=O) groups is 1. The van der Waals surface area contributed by atoms with Crippen molar-refractivity contribution < 1.29 is 14.3 Å². The van der Waals surface area contributed by atoms with Gasteiger partial charge in [0.2, 0.25) is 0 Å². The third-order valence-electron chi connectivity index (χ3n) is 3.98. The Labute approximate surface area is 136 Å². The number of nitrogens with one attached hydrogen (secondary N) is 1. The molecular formula is C19H21NO3. The van der Waals surface area contributed by atoms with Gasteiger partial charge in [0.1, 0.15) is 11.5 Å². The lowest BCUT2D eigenvalue weighted by Gasteiger charge is -2.27. The number of carbonyl (C=O) groups excluding carboxylic acids is 1. The maximum absolute atomic E-state index is 12.4. The van der Waals surface area contributed by atoms with Crippen LogP contribution in [0.2, 0.25) is 0 Å². The molecule has 1 aliphatic rings. The van der Waals surface area contributed by atoms with Gasteiger partial charge in [-0.05, 0) is 32.0 Å². The summed E-state index contributed by atoms with van der Waals surface area (Å²) in [6.07, 6.45) is 0.215. The van der Waals surface area contributed by atoms with Crippen molar-refractivity contribution in [2.24, 2.45) is 0 Å². The van der Waals surface area contributed by atoms with Gasteiger partial charge < -0.3 is 14.8 Å². The number of aryl methyl sites for hydroxylation is 1. The SMILES string of the molecule is Cc1ccc(OC(C)C(=O)NC2CCOc3ccccc32)cc1. The van der Waals surface area contributed by atoms with Crippen molar-refractivity contribution in [2.45, 2.75) is 32.4 Å². The molecule has 1 heterocycles. The summed E-state index contributed by atoms with van der Waals surface area (Å²) in [6.45, 7) is 4.39. The summed E-state index contributed by atoms with van der Waals surface area (Å²) < 4.78 is 11.3. The molecule has 1 amide bonds. The van der Waals surface area contributed by atoms with Gasteiger partial charge in [0, 0.05) is 12.0 Å². The molecule has 0 saturated heterocycles. The summed E-state index contributed by atoms with van der Waals surface area (Å²) in [7, 11) is 0. The van der Waals surface area contributed by atoms with Crippen LogP contribution >= 0.6 is 0 Å².